The molecule has 0 unspecified atom stereocenters. The molecule has 1 heterocycles. The highest BCUT2D eigenvalue weighted by Gasteiger charge is 2.09. The largest absolute Gasteiger partial charge is 0.367 e. The summed E-state index contributed by atoms with van der Waals surface area (Å²) in [4.78, 5) is 11.7. The van der Waals surface area contributed by atoms with Crippen molar-refractivity contribution in [1.29, 1.82) is 5.26 Å². The molecule has 3 N–H and O–H groups in total. The number of H-pyrrole nitrogens is 1. The molecular formula is C14H14FN5O. The Kier molecular flexibility index (Phi) is 4.51. The maximum atomic E-state index is 13.0. The van der Waals surface area contributed by atoms with Gasteiger partial charge in [-0.1, -0.05) is 6.07 Å². The van der Waals surface area contributed by atoms with Crippen LogP contribution in [0.1, 0.15) is 17.7 Å². The molecular weight excluding hydrogens is 273 g/mol. The van der Waals surface area contributed by atoms with Crippen LogP contribution in [0.4, 0.5) is 15.9 Å². The molecule has 0 aliphatic heterocycles. The van der Waals surface area contributed by atoms with E-state index in [4.69, 9.17) is 5.26 Å². The summed E-state index contributed by atoms with van der Waals surface area (Å²) >= 11 is 0. The zero-order chi connectivity index (χ0) is 15.2. The maximum absolute atomic E-state index is 13.0. The number of amides is 1. The molecule has 1 aromatic heterocycles. The second kappa shape index (κ2) is 6.52. The van der Waals surface area contributed by atoms with E-state index in [0.717, 1.165) is 0 Å². The molecule has 0 atom stereocenters. The van der Waals surface area contributed by atoms with Gasteiger partial charge < -0.3 is 10.6 Å². The van der Waals surface area contributed by atoms with E-state index < -0.39 is 5.82 Å². The lowest BCUT2D eigenvalue weighted by molar-refractivity contribution is -0.115. The average molecular weight is 287 g/mol. The van der Waals surface area contributed by atoms with Crippen LogP contribution >= 0.6 is 0 Å². The minimum absolute atomic E-state index is 0.174. The van der Waals surface area contributed by atoms with Crippen LogP contribution in [0.5, 0.6) is 0 Å². The molecule has 2 rings (SSSR count). The van der Waals surface area contributed by atoms with E-state index in [0.29, 0.717) is 29.3 Å². The van der Waals surface area contributed by atoms with Gasteiger partial charge in [0.25, 0.3) is 0 Å². The van der Waals surface area contributed by atoms with E-state index in [1.807, 2.05) is 6.07 Å². The number of aromatic nitrogens is 2. The lowest BCUT2D eigenvalue weighted by Gasteiger charge is -2.06. The number of nitrogens with one attached hydrogen (secondary N) is 3. The number of hydrogen-bond donors (Lipinski definition) is 3. The summed E-state index contributed by atoms with van der Waals surface area (Å²) in [5.74, 6) is -0.232. The van der Waals surface area contributed by atoms with Crippen molar-refractivity contribution < 1.29 is 9.18 Å². The highest BCUT2D eigenvalue weighted by molar-refractivity contribution is 5.90. The fourth-order valence-electron chi connectivity index (χ4n) is 1.78. The van der Waals surface area contributed by atoms with Gasteiger partial charge in [-0.2, -0.15) is 10.4 Å². The highest BCUT2D eigenvalue weighted by atomic mass is 19.1. The van der Waals surface area contributed by atoms with Crippen LogP contribution in [0.15, 0.2) is 24.3 Å². The predicted molar refractivity (Wildman–Crippen MR) is 76.2 cm³/mol. The number of benzene rings is 1. The Bertz CT molecular complexity index is 689. The van der Waals surface area contributed by atoms with Crippen LogP contribution < -0.4 is 10.6 Å². The van der Waals surface area contributed by atoms with Crippen molar-refractivity contribution in [3.05, 3.63) is 41.3 Å². The molecule has 0 aliphatic rings. The van der Waals surface area contributed by atoms with Crippen LogP contribution in [0.3, 0.4) is 0 Å². The Morgan fingerprint density at radius 2 is 2.33 bits per heavy atom. The predicted octanol–water partition coefficient (Wildman–Crippen LogP) is 2.17. The summed E-state index contributed by atoms with van der Waals surface area (Å²) < 4.78 is 13.0. The van der Waals surface area contributed by atoms with Crippen LogP contribution in [0.25, 0.3) is 0 Å². The van der Waals surface area contributed by atoms with Crippen LogP contribution in [0, 0.1) is 24.1 Å². The van der Waals surface area contributed by atoms with Crippen LogP contribution in [0.2, 0.25) is 0 Å². The average Bonchev–Trinajstić information content (AvgIpc) is 2.79. The number of carbonyl (C=O) groups is 1. The first-order valence-electron chi connectivity index (χ1n) is 6.34. The smallest absolute Gasteiger partial charge is 0.226 e. The van der Waals surface area contributed by atoms with Crippen molar-refractivity contribution in [2.75, 3.05) is 17.2 Å². The summed E-state index contributed by atoms with van der Waals surface area (Å²) in [7, 11) is 0. The van der Waals surface area contributed by atoms with E-state index in [-0.39, 0.29) is 12.3 Å². The SMILES string of the molecule is Cc1[nH]nc(NCCC(=O)Nc2cccc(F)c2)c1C#N. The number of rotatable bonds is 5. The van der Waals surface area contributed by atoms with E-state index in [1.54, 1.807) is 13.0 Å². The minimum Gasteiger partial charge on any atom is -0.367 e. The van der Waals surface area contributed by atoms with E-state index in [9.17, 15) is 9.18 Å². The minimum atomic E-state index is -0.406. The number of nitrogens with zero attached hydrogens (tertiary/aromatic N) is 2. The first-order valence-corrected chi connectivity index (χ1v) is 6.34. The molecule has 0 spiro atoms. The number of aromatic amines is 1. The Morgan fingerprint density at radius 1 is 1.52 bits per heavy atom. The van der Waals surface area contributed by atoms with Gasteiger partial charge in [0.15, 0.2) is 5.82 Å². The van der Waals surface area contributed by atoms with Gasteiger partial charge in [-0.05, 0) is 25.1 Å². The van der Waals surface area contributed by atoms with Gasteiger partial charge in [0.1, 0.15) is 17.4 Å². The molecule has 108 valence electrons. The van der Waals surface area contributed by atoms with Gasteiger partial charge in [-0.15, -0.1) is 0 Å². The van der Waals surface area contributed by atoms with E-state index in [2.05, 4.69) is 20.8 Å². The van der Waals surface area contributed by atoms with Gasteiger partial charge in [-0.25, -0.2) is 4.39 Å². The molecule has 7 heteroatoms. The molecule has 0 aliphatic carbocycles. The molecule has 0 fully saturated rings. The lowest BCUT2D eigenvalue weighted by atomic mass is 10.2. The lowest BCUT2D eigenvalue weighted by Crippen LogP contribution is -2.16. The molecule has 0 saturated carbocycles. The zero-order valence-corrected chi connectivity index (χ0v) is 11.4. The monoisotopic (exact) mass is 287 g/mol. The maximum Gasteiger partial charge on any atom is 0.226 e. The highest BCUT2D eigenvalue weighted by Crippen LogP contribution is 2.14. The van der Waals surface area contributed by atoms with E-state index in [1.165, 1.54) is 18.2 Å². The number of halogens is 1. The van der Waals surface area contributed by atoms with Gasteiger partial charge >= 0.3 is 0 Å². The quantitative estimate of drug-likeness (QED) is 0.785. The number of hydrogen-bond acceptors (Lipinski definition) is 4. The van der Waals surface area contributed by atoms with Crippen molar-refractivity contribution in [3.63, 3.8) is 0 Å². The molecule has 1 amide bonds. The summed E-state index contributed by atoms with van der Waals surface area (Å²) in [6.45, 7) is 2.06. The zero-order valence-electron chi connectivity index (χ0n) is 11.4. The molecule has 2 aromatic rings. The standard InChI is InChI=1S/C14H14FN5O/c1-9-12(8-16)14(20-19-9)17-6-5-13(21)18-11-4-2-3-10(15)7-11/h2-4,7H,5-6H2,1H3,(H,18,21)(H2,17,19,20). The second-order valence-corrected chi connectivity index (χ2v) is 4.42. The normalized spacial score (nSPS) is 9.95. The molecule has 1 aromatic carbocycles. The third-order valence-electron chi connectivity index (χ3n) is 2.81. The van der Waals surface area contributed by atoms with Crippen molar-refractivity contribution in [3.8, 4) is 6.07 Å². The van der Waals surface area contributed by atoms with Crippen molar-refractivity contribution in [2.24, 2.45) is 0 Å². The fraction of sp³-hybridized carbons (Fsp3) is 0.214. The third-order valence-corrected chi connectivity index (χ3v) is 2.81. The molecule has 21 heavy (non-hydrogen) atoms. The second-order valence-electron chi connectivity index (χ2n) is 4.42. The number of nitriles is 1. The number of anilines is 2. The fourth-order valence-corrected chi connectivity index (χ4v) is 1.78. The van der Waals surface area contributed by atoms with Gasteiger partial charge in [0.05, 0.1) is 5.69 Å². The Balaban J connectivity index is 1.83. The van der Waals surface area contributed by atoms with Crippen LogP contribution in [-0.2, 0) is 4.79 Å². The van der Waals surface area contributed by atoms with E-state index >= 15 is 0 Å². The first kappa shape index (κ1) is 14.5. The summed E-state index contributed by atoms with van der Waals surface area (Å²) in [6, 6.07) is 7.71. The first-order chi connectivity index (χ1) is 10.1. The van der Waals surface area contributed by atoms with Gasteiger partial charge in [-0.3, -0.25) is 9.89 Å². The number of aryl methyl sites for hydroxylation is 1. The van der Waals surface area contributed by atoms with Crippen molar-refractivity contribution in [1.82, 2.24) is 10.2 Å². The molecule has 0 radical (unpaired) electrons. The van der Waals surface area contributed by atoms with Gasteiger partial charge in [0.2, 0.25) is 5.91 Å². The molecule has 0 saturated heterocycles. The number of carbonyl (C=O) groups excluding carboxylic acids is 1. The molecule has 6 nitrogen and oxygen atoms in total. The third kappa shape index (κ3) is 3.79. The Labute approximate surface area is 121 Å². The summed E-state index contributed by atoms with van der Waals surface area (Å²) in [6.07, 6.45) is 0.174. The Morgan fingerprint density at radius 3 is 3.05 bits per heavy atom. The van der Waals surface area contributed by atoms with Crippen molar-refractivity contribution >= 4 is 17.4 Å². The molecule has 0 bridgehead atoms. The summed E-state index contributed by atoms with van der Waals surface area (Å²) in [5, 5.41) is 21.1. The summed E-state index contributed by atoms with van der Waals surface area (Å²) in [5.41, 5.74) is 1.51. The van der Waals surface area contributed by atoms with Crippen molar-refractivity contribution in [2.45, 2.75) is 13.3 Å². The van der Waals surface area contributed by atoms with Crippen LogP contribution in [-0.4, -0.2) is 22.6 Å². The topological polar surface area (TPSA) is 93.6 Å². The van der Waals surface area contributed by atoms with Gasteiger partial charge in [0, 0.05) is 18.7 Å². The Hall–Kier alpha value is -2.88.